The van der Waals surface area contributed by atoms with Crippen molar-refractivity contribution in [2.75, 3.05) is 4.90 Å². The molecular formula is C61H53N. The molecular weight excluding hydrogens is 747 g/mol. The third-order valence-electron chi connectivity index (χ3n) is 15.0. The summed E-state index contributed by atoms with van der Waals surface area (Å²) in [6, 6.07) is 71.3. The minimum Gasteiger partial charge on any atom is -0.310 e. The molecule has 0 heterocycles. The molecule has 0 radical (unpaired) electrons. The topological polar surface area (TPSA) is 3.24 Å². The van der Waals surface area contributed by atoms with Gasteiger partial charge in [0, 0.05) is 33.2 Å². The normalized spacial score (nSPS) is 14.4. The molecule has 0 N–H and O–H groups in total. The van der Waals surface area contributed by atoms with E-state index < -0.39 is 0 Å². The van der Waals surface area contributed by atoms with E-state index in [2.05, 4.69) is 234 Å². The molecule has 0 aliphatic heterocycles. The van der Waals surface area contributed by atoms with Crippen LogP contribution in [0, 0.1) is 0 Å². The first-order valence-corrected chi connectivity index (χ1v) is 22.5. The molecule has 0 aromatic heterocycles. The third-order valence-corrected chi connectivity index (χ3v) is 15.0. The summed E-state index contributed by atoms with van der Waals surface area (Å²) in [6.45, 7) is 14.2. The van der Waals surface area contributed by atoms with Gasteiger partial charge in [0.2, 0.25) is 0 Å². The fourth-order valence-electron chi connectivity index (χ4n) is 11.5. The van der Waals surface area contributed by atoms with Crippen LogP contribution in [-0.4, -0.2) is 0 Å². The van der Waals surface area contributed by atoms with Crippen LogP contribution in [-0.2, 0) is 16.2 Å². The average Bonchev–Trinajstić information content (AvgIpc) is 3.67. The van der Waals surface area contributed by atoms with E-state index in [4.69, 9.17) is 0 Å². The quantitative estimate of drug-likeness (QED) is 0.148. The molecule has 0 bridgehead atoms. The lowest BCUT2D eigenvalue weighted by atomic mass is 9.70. The predicted molar refractivity (Wildman–Crippen MR) is 265 cm³/mol. The van der Waals surface area contributed by atoms with Crippen LogP contribution in [0.3, 0.4) is 0 Å². The second kappa shape index (κ2) is 14.2. The Kier molecular flexibility index (Phi) is 8.75. The van der Waals surface area contributed by atoms with E-state index in [1.807, 2.05) is 0 Å². The molecule has 0 amide bonds. The first kappa shape index (κ1) is 38.2. The number of fused-ring (bicyclic) bond motifs is 8. The van der Waals surface area contributed by atoms with Gasteiger partial charge in [0.1, 0.15) is 0 Å². The van der Waals surface area contributed by atoms with Crippen LogP contribution in [0.1, 0.15) is 87.8 Å². The van der Waals surface area contributed by atoms with Gasteiger partial charge in [-0.3, -0.25) is 0 Å². The predicted octanol–water partition coefficient (Wildman–Crippen LogP) is 16.8. The zero-order chi connectivity index (χ0) is 42.4. The van der Waals surface area contributed by atoms with E-state index in [0.717, 1.165) is 29.9 Å². The van der Waals surface area contributed by atoms with Crippen LogP contribution in [0.15, 0.2) is 188 Å². The number of hydrogen-bond acceptors (Lipinski definition) is 1. The second-order valence-corrected chi connectivity index (χ2v) is 18.7. The molecule has 62 heavy (non-hydrogen) atoms. The Hall–Kier alpha value is -6.70. The first-order valence-electron chi connectivity index (χ1n) is 22.5. The summed E-state index contributed by atoms with van der Waals surface area (Å²) in [5.74, 6) is 0. The monoisotopic (exact) mass is 799 g/mol. The number of hydrogen-bond donors (Lipinski definition) is 0. The molecule has 11 rings (SSSR count). The highest BCUT2D eigenvalue weighted by Crippen LogP contribution is 2.54. The molecule has 1 heteroatoms. The van der Waals surface area contributed by atoms with Crippen molar-refractivity contribution in [3.05, 3.63) is 221 Å². The third kappa shape index (κ3) is 5.60. The summed E-state index contributed by atoms with van der Waals surface area (Å²) < 4.78 is 0. The smallest absolute Gasteiger partial charge is 0.0546 e. The van der Waals surface area contributed by atoms with Crippen molar-refractivity contribution >= 4 is 38.6 Å². The minimum atomic E-state index is -0.122. The second-order valence-electron chi connectivity index (χ2n) is 18.7. The Morgan fingerprint density at radius 1 is 0.403 bits per heavy atom. The fraction of sp³-hybridized carbons (Fsp3) is 0.180. The number of anilines is 3. The van der Waals surface area contributed by atoms with Gasteiger partial charge in [-0.25, -0.2) is 0 Å². The van der Waals surface area contributed by atoms with Crippen molar-refractivity contribution in [3.63, 3.8) is 0 Å². The molecule has 2 aliphatic carbocycles. The molecule has 2 aliphatic rings. The van der Waals surface area contributed by atoms with E-state index in [0.29, 0.717) is 0 Å². The Morgan fingerprint density at radius 3 is 1.69 bits per heavy atom. The van der Waals surface area contributed by atoms with E-state index in [1.165, 1.54) is 88.3 Å². The summed E-state index contributed by atoms with van der Waals surface area (Å²) in [6.07, 6.45) is 2.05. The number of benzene rings is 9. The Bertz CT molecular complexity index is 3200. The highest BCUT2D eigenvalue weighted by atomic mass is 15.1. The standard InChI is InChI=1S/C61H53N/c1-7-61(8-2,44-21-10-9-11-22-44)45-28-30-46(31-29-45)62(47-32-34-55-52(39-47)51-36-41-19-12-13-20-42(41)38-56(51)60(55,5)6)57-35-27-40-18-14-15-23-48(40)58(57)43-26-33-54-50(37-43)49-24-16-17-25-53(49)59(54,3)4/h9-39H,7-8H2,1-6H3. The Labute approximate surface area is 367 Å². The van der Waals surface area contributed by atoms with Crippen LogP contribution in [0.5, 0.6) is 0 Å². The van der Waals surface area contributed by atoms with Crippen LogP contribution < -0.4 is 4.90 Å². The van der Waals surface area contributed by atoms with Crippen LogP contribution in [0.4, 0.5) is 17.1 Å². The van der Waals surface area contributed by atoms with Gasteiger partial charge in [0.25, 0.3) is 0 Å². The van der Waals surface area contributed by atoms with Gasteiger partial charge >= 0.3 is 0 Å². The molecule has 9 aromatic rings. The van der Waals surface area contributed by atoms with Crippen molar-refractivity contribution in [1.82, 2.24) is 0 Å². The van der Waals surface area contributed by atoms with Gasteiger partial charge in [0.05, 0.1) is 5.69 Å². The molecule has 1 nitrogen and oxygen atoms in total. The summed E-state index contributed by atoms with van der Waals surface area (Å²) in [5, 5.41) is 5.05. The van der Waals surface area contributed by atoms with Crippen molar-refractivity contribution in [2.24, 2.45) is 0 Å². The van der Waals surface area contributed by atoms with Crippen LogP contribution in [0.2, 0.25) is 0 Å². The number of nitrogens with zero attached hydrogens (tertiary/aromatic N) is 1. The van der Waals surface area contributed by atoms with E-state index in [-0.39, 0.29) is 16.2 Å². The SMILES string of the molecule is CCC(CC)(c1ccccc1)c1ccc(N(c2ccc3c(c2)-c2cc4ccccc4cc2C3(C)C)c2ccc3ccccc3c2-c2ccc3c(c2)-c2ccccc2C3(C)C)cc1. The lowest BCUT2D eigenvalue weighted by molar-refractivity contribution is 0.478. The van der Waals surface area contributed by atoms with Gasteiger partial charge in [-0.2, -0.15) is 0 Å². The first-order chi connectivity index (χ1) is 30.1. The van der Waals surface area contributed by atoms with E-state index >= 15 is 0 Å². The van der Waals surface area contributed by atoms with Crippen molar-refractivity contribution in [2.45, 2.75) is 70.6 Å². The van der Waals surface area contributed by atoms with E-state index in [1.54, 1.807) is 0 Å². The highest BCUT2D eigenvalue weighted by molar-refractivity contribution is 6.06. The van der Waals surface area contributed by atoms with Crippen LogP contribution >= 0.6 is 0 Å². The summed E-state index contributed by atoms with van der Waals surface area (Å²) >= 11 is 0. The molecule has 0 atom stereocenters. The maximum Gasteiger partial charge on any atom is 0.0546 e. The largest absolute Gasteiger partial charge is 0.310 e. The molecule has 0 fully saturated rings. The highest BCUT2D eigenvalue weighted by Gasteiger charge is 2.38. The van der Waals surface area contributed by atoms with Gasteiger partial charge in [0.15, 0.2) is 0 Å². The van der Waals surface area contributed by atoms with Gasteiger partial charge in [-0.15, -0.1) is 0 Å². The fourth-order valence-corrected chi connectivity index (χ4v) is 11.5. The van der Waals surface area contributed by atoms with Crippen molar-refractivity contribution in [3.8, 4) is 33.4 Å². The Balaban J connectivity index is 1.16. The molecule has 0 saturated carbocycles. The van der Waals surface area contributed by atoms with Gasteiger partial charge in [-0.1, -0.05) is 181 Å². The minimum absolute atomic E-state index is 0.0639. The van der Waals surface area contributed by atoms with Crippen LogP contribution in [0.25, 0.3) is 54.9 Å². The summed E-state index contributed by atoms with van der Waals surface area (Å²) in [5.41, 5.74) is 19.3. The lowest BCUT2D eigenvalue weighted by Gasteiger charge is -2.34. The molecule has 0 unspecified atom stereocenters. The zero-order valence-corrected chi connectivity index (χ0v) is 36.8. The number of rotatable bonds is 8. The summed E-state index contributed by atoms with van der Waals surface area (Å²) in [7, 11) is 0. The molecule has 0 spiro atoms. The van der Waals surface area contributed by atoms with Crippen molar-refractivity contribution < 1.29 is 0 Å². The average molecular weight is 800 g/mol. The molecule has 0 saturated heterocycles. The van der Waals surface area contributed by atoms with Gasteiger partial charge < -0.3 is 4.90 Å². The Morgan fingerprint density at radius 2 is 0.952 bits per heavy atom. The molecule has 302 valence electrons. The molecule has 9 aromatic carbocycles. The lowest BCUT2D eigenvalue weighted by Crippen LogP contribution is -2.26. The zero-order valence-electron chi connectivity index (χ0n) is 36.8. The maximum atomic E-state index is 2.53. The summed E-state index contributed by atoms with van der Waals surface area (Å²) in [4.78, 5) is 2.53. The van der Waals surface area contributed by atoms with Gasteiger partial charge in [-0.05, 0) is 144 Å². The van der Waals surface area contributed by atoms with E-state index in [9.17, 15) is 0 Å². The van der Waals surface area contributed by atoms with Crippen molar-refractivity contribution in [1.29, 1.82) is 0 Å². The maximum absolute atomic E-state index is 2.53.